The quantitative estimate of drug-likeness (QED) is 0.640. The van der Waals surface area contributed by atoms with Crippen molar-refractivity contribution in [3.8, 4) is 0 Å². The molecule has 2 aliphatic rings. The minimum Gasteiger partial charge on any atom is -0.362 e. The zero-order valence-electron chi connectivity index (χ0n) is 9.11. The van der Waals surface area contributed by atoms with Gasteiger partial charge < -0.3 is 4.74 Å². The number of ketones is 1. The number of carbonyl (C=O) groups excluding carboxylic acids is 3. The molecule has 5 heteroatoms. The van der Waals surface area contributed by atoms with E-state index < -0.39 is 11.8 Å². The summed E-state index contributed by atoms with van der Waals surface area (Å²) in [4.78, 5) is 35.6. The standard InChI is InChI=1S/C11H15NO4/c13-9(8-3-1-2-4-8)5-12-10(14)6-16-7-11(12)15/h8H,1-7H2. The molecule has 0 radical (unpaired) electrons. The Hall–Kier alpha value is -1.23. The smallest absolute Gasteiger partial charge is 0.255 e. The summed E-state index contributed by atoms with van der Waals surface area (Å²) in [6, 6.07) is 0. The second-order valence-corrected chi connectivity index (χ2v) is 4.31. The third-order valence-corrected chi connectivity index (χ3v) is 3.18. The third kappa shape index (κ3) is 2.29. The number of amides is 2. The van der Waals surface area contributed by atoms with Gasteiger partial charge in [-0.1, -0.05) is 12.8 Å². The van der Waals surface area contributed by atoms with E-state index >= 15 is 0 Å². The number of hydrogen-bond donors (Lipinski definition) is 0. The topological polar surface area (TPSA) is 63.7 Å². The maximum absolute atomic E-state index is 11.8. The highest BCUT2D eigenvalue weighted by Gasteiger charge is 2.31. The number of hydrogen-bond acceptors (Lipinski definition) is 4. The van der Waals surface area contributed by atoms with Crippen LogP contribution in [0.3, 0.4) is 0 Å². The molecule has 16 heavy (non-hydrogen) atoms. The first-order valence-electron chi connectivity index (χ1n) is 5.62. The second kappa shape index (κ2) is 4.74. The summed E-state index contributed by atoms with van der Waals surface area (Å²) >= 11 is 0. The van der Waals surface area contributed by atoms with Crippen LogP contribution in [0.2, 0.25) is 0 Å². The molecule has 0 aromatic carbocycles. The van der Waals surface area contributed by atoms with Crippen LogP contribution in [-0.4, -0.2) is 42.3 Å². The van der Waals surface area contributed by atoms with Crippen molar-refractivity contribution in [1.29, 1.82) is 0 Å². The highest BCUT2D eigenvalue weighted by atomic mass is 16.5. The number of carbonyl (C=O) groups is 3. The fourth-order valence-electron chi connectivity index (χ4n) is 2.23. The molecule has 0 aromatic heterocycles. The molecule has 0 bridgehead atoms. The van der Waals surface area contributed by atoms with Crippen LogP contribution in [0.15, 0.2) is 0 Å². The summed E-state index contributed by atoms with van der Waals surface area (Å²) in [5.41, 5.74) is 0. The van der Waals surface area contributed by atoms with E-state index in [1.54, 1.807) is 0 Å². The Morgan fingerprint density at radius 2 is 1.75 bits per heavy atom. The molecule has 0 atom stereocenters. The summed E-state index contributed by atoms with van der Waals surface area (Å²) in [5.74, 6) is -0.741. The van der Waals surface area contributed by atoms with E-state index in [1.807, 2.05) is 0 Å². The van der Waals surface area contributed by atoms with Crippen LogP contribution >= 0.6 is 0 Å². The summed E-state index contributed by atoms with van der Waals surface area (Å²) in [6.45, 7) is -0.251. The SMILES string of the molecule is O=C(CN1C(=O)COCC1=O)C1CCCC1. The highest BCUT2D eigenvalue weighted by molar-refractivity contribution is 6.02. The van der Waals surface area contributed by atoms with Crippen molar-refractivity contribution >= 4 is 17.6 Å². The van der Waals surface area contributed by atoms with Crippen LogP contribution in [-0.2, 0) is 19.1 Å². The summed E-state index contributed by atoms with van der Waals surface area (Å²) < 4.78 is 4.78. The second-order valence-electron chi connectivity index (χ2n) is 4.31. The normalized spacial score (nSPS) is 22.9. The number of rotatable bonds is 3. The Labute approximate surface area is 93.7 Å². The third-order valence-electron chi connectivity index (χ3n) is 3.18. The van der Waals surface area contributed by atoms with Crippen LogP contribution in [0.4, 0.5) is 0 Å². The van der Waals surface area contributed by atoms with E-state index in [9.17, 15) is 14.4 Å². The lowest BCUT2D eigenvalue weighted by molar-refractivity contribution is -0.160. The Kier molecular flexibility index (Phi) is 3.33. The van der Waals surface area contributed by atoms with Crippen LogP contribution in [0.1, 0.15) is 25.7 Å². The van der Waals surface area contributed by atoms with E-state index in [0.29, 0.717) is 0 Å². The van der Waals surface area contributed by atoms with Crippen LogP contribution < -0.4 is 0 Å². The monoisotopic (exact) mass is 225 g/mol. The minimum absolute atomic E-state index is 0.0149. The molecule has 2 rings (SSSR count). The fourth-order valence-corrected chi connectivity index (χ4v) is 2.23. The van der Waals surface area contributed by atoms with Crippen molar-refractivity contribution in [2.45, 2.75) is 25.7 Å². The van der Waals surface area contributed by atoms with Crippen molar-refractivity contribution < 1.29 is 19.1 Å². The predicted molar refractivity (Wildman–Crippen MR) is 54.5 cm³/mol. The Bertz CT molecular complexity index is 304. The van der Waals surface area contributed by atoms with Crippen LogP contribution in [0.5, 0.6) is 0 Å². The number of morpholine rings is 1. The van der Waals surface area contributed by atoms with Gasteiger partial charge in [-0.15, -0.1) is 0 Å². The van der Waals surface area contributed by atoms with Gasteiger partial charge in [-0.3, -0.25) is 19.3 Å². The minimum atomic E-state index is -0.400. The van der Waals surface area contributed by atoms with E-state index in [4.69, 9.17) is 4.74 Å². The molecule has 1 saturated carbocycles. The number of Topliss-reactive ketones (excluding diaryl/α,β-unsaturated/α-hetero) is 1. The van der Waals surface area contributed by atoms with Crippen molar-refractivity contribution in [2.75, 3.05) is 19.8 Å². The molecule has 0 spiro atoms. The van der Waals surface area contributed by atoms with Gasteiger partial charge in [-0.05, 0) is 12.8 Å². The summed E-state index contributed by atoms with van der Waals surface area (Å²) in [6.07, 6.45) is 3.93. The zero-order chi connectivity index (χ0) is 11.5. The van der Waals surface area contributed by atoms with E-state index in [1.165, 1.54) is 0 Å². The van der Waals surface area contributed by atoms with Gasteiger partial charge in [0, 0.05) is 5.92 Å². The van der Waals surface area contributed by atoms with Gasteiger partial charge in [0.1, 0.15) is 13.2 Å². The van der Waals surface area contributed by atoms with Gasteiger partial charge in [-0.2, -0.15) is 0 Å². The van der Waals surface area contributed by atoms with Gasteiger partial charge >= 0.3 is 0 Å². The Morgan fingerprint density at radius 1 is 1.19 bits per heavy atom. The molecule has 0 unspecified atom stereocenters. The molecule has 0 N–H and O–H groups in total. The molecule has 2 fully saturated rings. The molecule has 1 heterocycles. The number of nitrogens with zero attached hydrogens (tertiary/aromatic N) is 1. The van der Waals surface area contributed by atoms with Gasteiger partial charge in [0.2, 0.25) is 0 Å². The average molecular weight is 225 g/mol. The van der Waals surface area contributed by atoms with Gasteiger partial charge in [0.15, 0.2) is 5.78 Å². The van der Waals surface area contributed by atoms with E-state index in [2.05, 4.69) is 0 Å². The fraction of sp³-hybridized carbons (Fsp3) is 0.727. The Balaban J connectivity index is 1.94. The van der Waals surface area contributed by atoms with Gasteiger partial charge in [0.25, 0.3) is 11.8 Å². The van der Waals surface area contributed by atoms with E-state index in [0.717, 1.165) is 30.6 Å². The highest BCUT2D eigenvalue weighted by Crippen LogP contribution is 2.25. The first-order valence-corrected chi connectivity index (χ1v) is 5.62. The van der Waals surface area contributed by atoms with Crippen LogP contribution in [0, 0.1) is 5.92 Å². The first-order chi connectivity index (χ1) is 7.68. The zero-order valence-corrected chi connectivity index (χ0v) is 9.11. The number of ether oxygens (including phenoxy) is 1. The number of imide groups is 1. The molecule has 2 amide bonds. The molecule has 1 saturated heterocycles. The maximum Gasteiger partial charge on any atom is 0.255 e. The maximum atomic E-state index is 11.8. The molecule has 5 nitrogen and oxygen atoms in total. The summed E-state index contributed by atoms with van der Waals surface area (Å²) in [5, 5.41) is 0. The summed E-state index contributed by atoms with van der Waals surface area (Å²) in [7, 11) is 0. The molecular weight excluding hydrogens is 210 g/mol. The largest absolute Gasteiger partial charge is 0.362 e. The lowest BCUT2D eigenvalue weighted by Crippen LogP contribution is -2.49. The Morgan fingerprint density at radius 3 is 2.31 bits per heavy atom. The average Bonchev–Trinajstić information content (AvgIpc) is 2.76. The first kappa shape index (κ1) is 11.3. The van der Waals surface area contributed by atoms with E-state index in [-0.39, 0.29) is 31.5 Å². The molecular formula is C11H15NO4. The molecule has 88 valence electrons. The van der Waals surface area contributed by atoms with Crippen molar-refractivity contribution in [3.05, 3.63) is 0 Å². The van der Waals surface area contributed by atoms with Crippen molar-refractivity contribution in [1.82, 2.24) is 4.90 Å². The van der Waals surface area contributed by atoms with Crippen molar-refractivity contribution in [3.63, 3.8) is 0 Å². The predicted octanol–water partition coefficient (Wildman–Crippen LogP) is 0.131. The molecule has 0 aromatic rings. The van der Waals surface area contributed by atoms with Gasteiger partial charge in [0.05, 0.1) is 6.54 Å². The lowest BCUT2D eigenvalue weighted by atomic mass is 10.0. The molecule has 1 aliphatic heterocycles. The van der Waals surface area contributed by atoms with Crippen LogP contribution in [0.25, 0.3) is 0 Å². The lowest BCUT2D eigenvalue weighted by Gasteiger charge is -2.25. The van der Waals surface area contributed by atoms with Gasteiger partial charge in [-0.25, -0.2) is 0 Å². The molecule has 1 aliphatic carbocycles. The van der Waals surface area contributed by atoms with Crippen molar-refractivity contribution in [2.24, 2.45) is 5.92 Å².